The van der Waals surface area contributed by atoms with Gasteiger partial charge in [0.25, 0.3) is 0 Å². The van der Waals surface area contributed by atoms with Crippen LogP contribution in [0.4, 0.5) is 0 Å². The Morgan fingerprint density at radius 1 is 1.00 bits per heavy atom. The van der Waals surface area contributed by atoms with Gasteiger partial charge in [-0.1, -0.05) is 39.3 Å². The van der Waals surface area contributed by atoms with Crippen molar-refractivity contribution in [2.75, 3.05) is 0 Å². The van der Waals surface area contributed by atoms with Crippen LogP contribution in [0.25, 0.3) is 0 Å². The lowest BCUT2D eigenvalue weighted by Gasteiger charge is -2.57. The maximum absolute atomic E-state index is 12.4. The number of carbonyl (C=O) groups excluding carboxylic acids is 3. The van der Waals surface area contributed by atoms with Crippen LogP contribution in [-0.4, -0.2) is 36.1 Å². The van der Waals surface area contributed by atoms with Gasteiger partial charge in [0.2, 0.25) is 5.91 Å². The highest BCUT2D eigenvalue weighted by molar-refractivity contribution is 5.74. The molecule has 0 aromatic rings. The van der Waals surface area contributed by atoms with E-state index in [1.54, 1.807) is 6.92 Å². The van der Waals surface area contributed by atoms with Crippen LogP contribution in [0, 0.1) is 28.6 Å². The molecule has 0 heterocycles. The molecule has 0 unspecified atom stereocenters. The zero-order chi connectivity index (χ0) is 25.4. The van der Waals surface area contributed by atoms with E-state index >= 15 is 0 Å². The van der Waals surface area contributed by atoms with Crippen LogP contribution in [0.5, 0.6) is 0 Å². The number of nitrogens with one attached hydrogen (secondary N) is 1. The van der Waals surface area contributed by atoms with Gasteiger partial charge in [-0.2, -0.15) is 0 Å². The molecular formula is C29H45NO5. The Balaban J connectivity index is 1.54. The van der Waals surface area contributed by atoms with Crippen molar-refractivity contribution in [3.63, 3.8) is 0 Å². The van der Waals surface area contributed by atoms with Gasteiger partial charge in [0.1, 0.15) is 12.2 Å². The van der Waals surface area contributed by atoms with Crippen molar-refractivity contribution in [3.8, 4) is 0 Å². The summed E-state index contributed by atoms with van der Waals surface area (Å²) in [5, 5.41) is 3.19. The summed E-state index contributed by atoms with van der Waals surface area (Å²) in [7, 11) is 0. The number of fused-ring (bicyclic) bond motifs is 5. The number of carbonyl (C=O) groups is 3. The smallest absolute Gasteiger partial charge is 0.306 e. The standard InChI is InChI=1S/C29H45NO5/c1-6-8-25(32)34-20-12-14-28(4)19(16-20)10-11-21-22(28)13-15-29(5)23(21)17-24(27(29)30-18(3)31)35-26(33)9-7-2/h10,20-24,27H,6-9,11-17H2,1-5H3,(H,30,31)/t20-,21-,22+,23+,24-,27+,28+,29+/m1/s1. The Morgan fingerprint density at radius 2 is 1.69 bits per heavy atom. The summed E-state index contributed by atoms with van der Waals surface area (Å²) in [5.41, 5.74) is 1.54. The lowest BCUT2D eigenvalue weighted by molar-refractivity contribution is -0.152. The van der Waals surface area contributed by atoms with E-state index in [4.69, 9.17) is 9.47 Å². The van der Waals surface area contributed by atoms with Crippen LogP contribution in [0.2, 0.25) is 0 Å². The summed E-state index contributed by atoms with van der Waals surface area (Å²) in [6.45, 7) is 10.3. The minimum absolute atomic E-state index is 0.0109. The Labute approximate surface area is 211 Å². The first-order valence-corrected chi connectivity index (χ1v) is 14.0. The van der Waals surface area contributed by atoms with E-state index in [1.165, 1.54) is 5.57 Å². The molecule has 3 saturated carbocycles. The molecule has 1 N–H and O–H groups in total. The predicted molar refractivity (Wildman–Crippen MR) is 134 cm³/mol. The van der Waals surface area contributed by atoms with E-state index in [-0.39, 0.29) is 46.9 Å². The molecule has 4 aliphatic carbocycles. The van der Waals surface area contributed by atoms with Gasteiger partial charge in [0, 0.05) is 26.2 Å². The summed E-state index contributed by atoms with van der Waals surface area (Å²) in [6.07, 6.45) is 11.6. The SMILES string of the molecule is CCCC(=O)O[C@@H]1CC[C@@]2(C)C(=CC[C@H]3[C@@H]4C[C@@H](OC(=O)CCC)[C@H](NC(C)=O)[C@@]4(C)CC[C@@H]32)C1. The summed E-state index contributed by atoms with van der Waals surface area (Å²) in [5.74, 6) is 1.24. The highest BCUT2D eigenvalue weighted by Crippen LogP contribution is 2.65. The van der Waals surface area contributed by atoms with Gasteiger partial charge in [-0.05, 0) is 80.0 Å². The van der Waals surface area contributed by atoms with Gasteiger partial charge >= 0.3 is 11.9 Å². The quantitative estimate of drug-likeness (QED) is 0.379. The molecule has 6 heteroatoms. The van der Waals surface area contributed by atoms with Gasteiger partial charge in [-0.3, -0.25) is 14.4 Å². The van der Waals surface area contributed by atoms with Crippen molar-refractivity contribution < 1.29 is 23.9 Å². The second-order valence-electron chi connectivity index (χ2n) is 12.1. The number of hydrogen-bond acceptors (Lipinski definition) is 5. The molecule has 0 spiro atoms. The molecule has 8 atom stereocenters. The molecule has 35 heavy (non-hydrogen) atoms. The Hall–Kier alpha value is -1.85. The van der Waals surface area contributed by atoms with E-state index in [0.717, 1.165) is 57.8 Å². The first-order valence-electron chi connectivity index (χ1n) is 14.0. The zero-order valence-corrected chi connectivity index (χ0v) is 22.4. The van der Waals surface area contributed by atoms with Crippen LogP contribution in [0.3, 0.4) is 0 Å². The van der Waals surface area contributed by atoms with Gasteiger partial charge < -0.3 is 14.8 Å². The number of rotatable bonds is 7. The Kier molecular flexibility index (Phi) is 7.68. The van der Waals surface area contributed by atoms with Gasteiger partial charge in [0.15, 0.2) is 0 Å². The molecule has 1 amide bonds. The maximum atomic E-state index is 12.4. The van der Waals surface area contributed by atoms with E-state index < -0.39 is 0 Å². The van der Waals surface area contributed by atoms with Crippen molar-refractivity contribution in [1.82, 2.24) is 5.32 Å². The molecule has 0 aliphatic heterocycles. The van der Waals surface area contributed by atoms with Crippen LogP contribution in [-0.2, 0) is 23.9 Å². The molecule has 4 aliphatic rings. The third kappa shape index (κ3) is 4.91. The summed E-state index contributed by atoms with van der Waals surface area (Å²) in [4.78, 5) is 36.7. The van der Waals surface area contributed by atoms with Crippen molar-refractivity contribution in [2.24, 2.45) is 28.6 Å². The average molecular weight is 488 g/mol. The largest absolute Gasteiger partial charge is 0.462 e. The number of esters is 2. The Morgan fingerprint density at radius 3 is 2.34 bits per heavy atom. The molecule has 0 saturated heterocycles. The van der Waals surface area contributed by atoms with Crippen LogP contribution >= 0.6 is 0 Å². The van der Waals surface area contributed by atoms with E-state index in [2.05, 4.69) is 25.2 Å². The first-order chi connectivity index (χ1) is 16.6. The number of ether oxygens (including phenoxy) is 2. The van der Waals surface area contributed by atoms with Gasteiger partial charge in [0.05, 0.1) is 6.04 Å². The minimum Gasteiger partial charge on any atom is -0.462 e. The third-order valence-corrected chi connectivity index (χ3v) is 9.91. The average Bonchev–Trinajstić information content (AvgIpc) is 3.05. The minimum atomic E-state index is -0.251. The molecule has 0 aromatic heterocycles. The topological polar surface area (TPSA) is 81.7 Å². The molecular weight excluding hydrogens is 442 g/mol. The monoisotopic (exact) mass is 487 g/mol. The fourth-order valence-electron chi connectivity index (χ4n) is 8.19. The third-order valence-electron chi connectivity index (χ3n) is 9.91. The number of allylic oxidation sites excluding steroid dienone is 1. The summed E-state index contributed by atoms with van der Waals surface area (Å²) < 4.78 is 11.8. The maximum Gasteiger partial charge on any atom is 0.306 e. The van der Waals surface area contributed by atoms with E-state index in [0.29, 0.717) is 30.6 Å². The highest BCUT2D eigenvalue weighted by Gasteiger charge is 2.62. The molecule has 6 nitrogen and oxygen atoms in total. The lowest BCUT2D eigenvalue weighted by Crippen LogP contribution is -2.55. The highest BCUT2D eigenvalue weighted by atomic mass is 16.5. The normalized spacial score (nSPS) is 40.0. The predicted octanol–water partition coefficient (Wildman–Crippen LogP) is 5.49. The van der Waals surface area contributed by atoms with Crippen molar-refractivity contribution in [1.29, 1.82) is 0 Å². The van der Waals surface area contributed by atoms with Crippen molar-refractivity contribution in [3.05, 3.63) is 11.6 Å². The van der Waals surface area contributed by atoms with Crippen molar-refractivity contribution >= 4 is 17.8 Å². The fourth-order valence-corrected chi connectivity index (χ4v) is 8.19. The van der Waals surface area contributed by atoms with Crippen molar-refractivity contribution in [2.45, 2.75) is 123 Å². The first kappa shape index (κ1) is 26.2. The zero-order valence-electron chi connectivity index (χ0n) is 22.4. The number of amides is 1. The second-order valence-corrected chi connectivity index (χ2v) is 12.1. The van der Waals surface area contributed by atoms with E-state index in [9.17, 15) is 14.4 Å². The van der Waals surface area contributed by atoms with Gasteiger partial charge in [-0.15, -0.1) is 0 Å². The van der Waals surface area contributed by atoms with Gasteiger partial charge in [-0.25, -0.2) is 0 Å². The summed E-state index contributed by atoms with van der Waals surface area (Å²) >= 11 is 0. The second kappa shape index (κ2) is 10.3. The Bertz CT molecular complexity index is 867. The molecule has 4 rings (SSSR count). The lowest BCUT2D eigenvalue weighted by atomic mass is 9.48. The summed E-state index contributed by atoms with van der Waals surface area (Å²) in [6, 6.07) is -0.126. The molecule has 0 bridgehead atoms. The van der Waals surface area contributed by atoms with Crippen LogP contribution in [0.15, 0.2) is 11.6 Å². The van der Waals surface area contributed by atoms with E-state index in [1.807, 2.05) is 13.8 Å². The molecule has 0 radical (unpaired) electrons. The van der Waals surface area contributed by atoms with Crippen LogP contribution in [0.1, 0.15) is 105 Å². The van der Waals surface area contributed by atoms with Crippen LogP contribution < -0.4 is 5.32 Å². The molecule has 196 valence electrons. The molecule has 3 fully saturated rings. The molecule has 0 aromatic carbocycles. The number of hydrogen-bond donors (Lipinski definition) is 1. The fraction of sp³-hybridized carbons (Fsp3) is 0.828.